The highest BCUT2D eigenvalue weighted by Crippen LogP contribution is 2.26. The third-order valence-electron chi connectivity index (χ3n) is 5.88. The number of aryl methyl sites for hydroxylation is 1. The number of anilines is 1. The van der Waals surface area contributed by atoms with Crippen LogP contribution in [0.4, 0.5) is 5.69 Å². The van der Waals surface area contributed by atoms with Gasteiger partial charge in [-0.15, -0.1) is 0 Å². The molecule has 2 saturated heterocycles. The van der Waals surface area contributed by atoms with Crippen LogP contribution < -0.4 is 10.2 Å². The molecule has 0 spiro atoms. The molecule has 2 aliphatic rings. The van der Waals surface area contributed by atoms with Gasteiger partial charge in [-0.05, 0) is 44.0 Å². The van der Waals surface area contributed by atoms with Gasteiger partial charge in [-0.2, -0.15) is 0 Å². The van der Waals surface area contributed by atoms with E-state index in [1.54, 1.807) is 0 Å². The van der Waals surface area contributed by atoms with Crippen LogP contribution in [0, 0.1) is 6.92 Å². The number of hydrogen-bond donors (Lipinski definition) is 1. The van der Waals surface area contributed by atoms with Gasteiger partial charge in [0.05, 0.1) is 18.8 Å². The Labute approximate surface area is 177 Å². The van der Waals surface area contributed by atoms with Gasteiger partial charge in [-0.25, -0.2) is 0 Å². The van der Waals surface area contributed by atoms with Gasteiger partial charge in [-0.1, -0.05) is 29.8 Å². The summed E-state index contributed by atoms with van der Waals surface area (Å²) >= 11 is 0. The fourth-order valence-electron chi connectivity index (χ4n) is 4.19. The number of ether oxygens (including phenoxy) is 1. The monoisotopic (exact) mass is 407 g/mol. The fraction of sp³-hybridized carbons (Fsp3) is 0.417. The second-order valence-electron chi connectivity index (χ2n) is 8.03. The first-order valence-electron chi connectivity index (χ1n) is 10.7. The topological polar surface area (TPSA) is 61.9 Å². The van der Waals surface area contributed by atoms with Gasteiger partial charge in [0.25, 0.3) is 11.8 Å². The number of piperidine rings is 1. The summed E-state index contributed by atoms with van der Waals surface area (Å²) in [7, 11) is 0. The van der Waals surface area contributed by atoms with Crippen molar-refractivity contribution in [3.8, 4) is 0 Å². The van der Waals surface area contributed by atoms with Gasteiger partial charge >= 0.3 is 0 Å². The number of carbonyl (C=O) groups is 2. The van der Waals surface area contributed by atoms with Crippen molar-refractivity contribution in [1.82, 2.24) is 10.2 Å². The number of para-hydroxylation sites is 1. The van der Waals surface area contributed by atoms with Crippen molar-refractivity contribution in [2.24, 2.45) is 0 Å². The molecule has 0 aromatic heterocycles. The van der Waals surface area contributed by atoms with Gasteiger partial charge < -0.3 is 19.9 Å². The van der Waals surface area contributed by atoms with E-state index < -0.39 is 0 Å². The van der Waals surface area contributed by atoms with E-state index in [2.05, 4.69) is 10.2 Å². The molecule has 2 aromatic carbocycles. The average molecular weight is 408 g/mol. The molecule has 6 nitrogen and oxygen atoms in total. The van der Waals surface area contributed by atoms with E-state index in [1.165, 1.54) is 0 Å². The number of carbonyl (C=O) groups excluding carboxylic acids is 2. The predicted octanol–water partition coefficient (Wildman–Crippen LogP) is 2.87. The second kappa shape index (κ2) is 9.30. The lowest BCUT2D eigenvalue weighted by atomic mass is 10.0. The van der Waals surface area contributed by atoms with E-state index in [0.29, 0.717) is 31.9 Å². The first-order chi connectivity index (χ1) is 14.6. The summed E-state index contributed by atoms with van der Waals surface area (Å²) in [5, 5.41) is 3.17. The van der Waals surface area contributed by atoms with Crippen molar-refractivity contribution in [1.29, 1.82) is 0 Å². The van der Waals surface area contributed by atoms with Crippen molar-refractivity contribution in [3.63, 3.8) is 0 Å². The van der Waals surface area contributed by atoms with E-state index in [9.17, 15) is 9.59 Å². The third kappa shape index (κ3) is 4.65. The van der Waals surface area contributed by atoms with Crippen molar-refractivity contribution in [2.45, 2.75) is 25.8 Å². The Balaban J connectivity index is 1.38. The lowest BCUT2D eigenvalue weighted by Crippen LogP contribution is -2.45. The summed E-state index contributed by atoms with van der Waals surface area (Å²) in [5.74, 6) is 0.0591. The summed E-state index contributed by atoms with van der Waals surface area (Å²) in [6.07, 6.45) is 1.72. The van der Waals surface area contributed by atoms with Crippen LogP contribution in [0.1, 0.15) is 39.1 Å². The molecule has 0 bridgehead atoms. The minimum absolute atomic E-state index is 0.0138. The molecule has 0 saturated carbocycles. The lowest BCUT2D eigenvalue weighted by molar-refractivity contribution is 0.0303. The Bertz CT molecular complexity index is 900. The molecule has 0 aliphatic carbocycles. The van der Waals surface area contributed by atoms with E-state index >= 15 is 0 Å². The van der Waals surface area contributed by atoms with E-state index in [-0.39, 0.29) is 17.9 Å². The van der Waals surface area contributed by atoms with Crippen LogP contribution in [-0.4, -0.2) is 62.1 Å². The highest BCUT2D eigenvalue weighted by atomic mass is 16.5. The number of rotatable bonds is 4. The van der Waals surface area contributed by atoms with E-state index in [4.69, 9.17) is 4.74 Å². The number of hydrogen-bond acceptors (Lipinski definition) is 4. The maximum absolute atomic E-state index is 13.0. The molecule has 4 rings (SSSR count). The Morgan fingerprint density at radius 2 is 1.70 bits per heavy atom. The summed E-state index contributed by atoms with van der Waals surface area (Å²) in [4.78, 5) is 29.7. The predicted molar refractivity (Wildman–Crippen MR) is 117 cm³/mol. The number of nitrogens with one attached hydrogen (secondary N) is 1. The highest BCUT2D eigenvalue weighted by molar-refractivity contribution is 6.00. The molecule has 2 amide bonds. The van der Waals surface area contributed by atoms with Crippen LogP contribution >= 0.6 is 0 Å². The van der Waals surface area contributed by atoms with Crippen LogP contribution in [0.15, 0.2) is 48.5 Å². The molecule has 2 aliphatic heterocycles. The van der Waals surface area contributed by atoms with Crippen molar-refractivity contribution in [3.05, 3.63) is 65.2 Å². The normalized spacial score (nSPS) is 17.6. The minimum atomic E-state index is -0.0138. The first kappa shape index (κ1) is 20.4. The van der Waals surface area contributed by atoms with Crippen molar-refractivity contribution in [2.75, 3.05) is 44.3 Å². The average Bonchev–Trinajstić information content (AvgIpc) is 2.80. The molecular weight excluding hydrogens is 378 g/mol. The Hall–Kier alpha value is -2.86. The zero-order valence-corrected chi connectivity index (χ0v) is 17.5. The molecule has 30 heavy (non-hydrogen) atoms. The van der Waals surface area contributed by atoms with Crippen LogP contribution in [0.5, 0.6) is 0 Å². The maximum atomic E-state index is 13.0. The summed E-state index contributed by atoms with van der Waals surface area (Å²) in [5.41, 5.74) is 3.52. The third-order valence-corrected chi connectivity index (χ3v) is 5.88. The molecule has 0 radical (unpaired) electrons. The molecule has 158 valence electrons. The van der Waals surface area contributed by atoms with E-state index in [0.717, 1.165) is 42.7 Å². The van der Waals surface area contributed by atoms with Crippen molar-refractivity contribution >= 4 is 17.5 Å². The van der Waals surface area contributed by atoms with Gasteiger partial charge in [0.2, 0.25) is 0 Å². The zero-order valence-electron chi connectivity index (χ0n) is 17.5. The fourth-order valence-corrected chi connectivity index (χ4v) is 4.19. The Morgan fingerprint density at radius 3 is 2.43 bits per heavy atom. The quantitative estimate of drug-likeness (QED) is 0.847. The summed E-state index contributed by atoms with van der Waals surface area (Å²) in [6.45, 7) is 6.09. The largest absolute Gasteiger partial charge is 0.378 e. The van der Waals surface area contributed by atoms with Crippen LogP contribution in [0.25, 0.3) is 0 Å². The minimum Gasteiger partial charge on any atom is -0.378 e. The van der Waals surface area contributed by atoms with Crippen LogP contribution in [-0.2, 0) is 4.74 Å². The standard InChI is InChI=1S/C24H29N3O3/c1-18-5-4-6-19(17-18)23(28)25-20-9-11-26(12-10-20)22-8-3-2-7-21(22)24(29)27-13-15-30-16-14-27/h2-8,17,20H,9-16H2,1H3,(H,25,28). The lowest BCUT2D eigenvalue weighted by Gasteiger charge is -2.35. The Kier molecular flexibility index (Phi) is 6.33. The molecule has 2 heterocycles. The van der Waals surface area contributed by atoms with Gasteiger partial charge in [0.1, 0.15) is 0 Å². The van der Waals surface area contributed by atoms with Crippen LogP contribution in [0.3, 0.4) is 0 Å². The summed E-state index contributed by atoms with van der Waals surface area (Å²) < 4.78 is 5.38. The summed E-state index contributed by atoms with van der Waals surface area (Å²) in [6, 6.07) is 15.7. The number of amides is 2. The van der Waals surface area contributed by atoms with Gasteiger partial charge in [0.15, 0.2) is 0 Å². The Morgan fingerprint density at radius 1 is 0.967 bits per heavy atom. The smallest absolute Gasteiger partial charge is 0.256 e. The first-order valence-corrected chi connectivity index (χ1v) is 10.7. The number of benzene rings is 2. The van der Waals surface area contributed by atoms with Crippen LogP contribution in [0.2, 0.25) is 0 Å². The molecule has 2 aromatic rings. The van der Waals surface area contributed by atoms with Gasteiger partial charge in [-0.3, -0.25) is 9.59 Å². The molecule has 0 atom stereocenters. The molecule has 6 heteroatoms. The molecular formula is C24H29N3O3. The maximum Gasteiger partial charge on any atom is 0.256 e. The number of morpholine rings is 1. The molecule has 1 N–H and O–H groups in total. The zero-order chi connectivity index (χ0) is 20.9. The SMILES string of the molecule is Cc1cccc(C(=O)NC2CCN(c3ccccc3C(=O)N3CCOCC3)CC2)c1. The number of nitrogens with zero attached hydrogens (tertiary/aromatic N) is 2. The van der Waals surface area contributed by atoms with E-state index in [1.807, 2.05) is 60.4 Å². The molecule has 0 unspecified atom stereocenters. The van der Waals surface area contributed by atoms with Crippen molar-refractivity contribution < 1.29 is 14.3 Å². The highest BCUT2D eigenvalue weighted by Gasteiger charge is 2.26. The van der Waals surface area contributed by atoms with Gasteiger partial charge in [0, 0.05) is 43.5 Å². The molecule has 2 fully saturated rings. The second-order valence-corrected chi connectivity index (χ2v) is 8.03.